The van der Waals surface area contributed by atoms with E-state index in [0.29, 0.717) is 6.42 Å². The number of amides is 1. The summed E-state index contributed by atoms with van der Waals surface area (Å²) in [4.78, 5) is 12.8. The number of sulfone groups is 1. The molecule has 4 rings (SSSR count). The van der Waals surface area contributed by atoms with Crippen LogP contribution in [0.1, 0.15) is 44.9 Å². The van der Waals surface area contributed by atoms with Gasteiger partial charge in [0.2, 0.25) is 0 Å². The monoisotopic (exact) mass is 506 g/mol. The highest BCUT2D eigenvalue weighted by Gasteiger charge is 2.37. The Morgan fingerprint density at radius 1 is 1.11 bits per heavy atom. The van der Waals surface area contributed by atoms with Crippen LogP contribution >= 0.6 is 0 Å². The molecule has 10 heteroatoms. The topological polar surface area (TPSA) is 86.6 Å². The lowest BCUT2D eigenvalue weighted by Crippen LogP contribution is -2.47. The van der Waals surface area contributed by atoms with Gasteiger partial charge in [-0.25, -0.2) is 22.0 Å². The number of benzene rings is 2. The zero-order valence-electron chi connectivity index (χ0n) is 19.9. The van der Waals surface area contributed by atoms with E-state index >= 15 is 0 Å². The van der Waals surface area contributed by atoms with Gasteiger partial charge >= 0.3 is 6.09 Å². The van der Waals surface area contributed by atoms with Crippen LogP contribution in [0.5, 0.6) is 0 Å². The smallest absolute Gasteiger partial charge is 0.407 e. The number of fused-ring (bicyclic) bond motifs is 1. The van der Waals surface area contributed by atoms with E-state index in [4.69, 9.17) is 9.47 Å². The van der Waals surface area contributed by atoms with Crippen molar-refractivity contribution in [1.29, 1.82) is 0 Å². The van der Waals surface area contributed by atoms with Crippen molar-refractivity contribution in [1.82, 2.24) is 9.88 Å². The van der Waals surface area contributed by atoms with Crippen LogP contribution in [-0.4, -0.2) is 43.6 Å². The first-order valence-electron chi connectivity index (χ1n) is 11.2. The first-order valence-corrected chi connectivity index (χ1v) is 13.1. The number of ether oxygens (including phenoxy) is 2. The molecule has 188 valence electrons. The standard InChI is InChI=1S/C25H28F2N2O5S/c1-25(2,3)34-24(30)28-22-11-18(14-33-23(22)20-10-17(26)6-8-21(20)27)29-12-15-5-7-19(35(4,31)32)9-16(15)13-29/h5-10,12-13,18,22-23H,11,14H2,1-4H3,(H,28,30)/t18-,22+,23-/m1/s1. The van der Waals surface area contributed by atoms with E-state index in [0.717, 1.165) is 35.2 Å². The molecule has 1 N–H and O–H groups in total. The minimum atomic E-state index is -3.35. The fourth-order valence-electron chi connectivity index (χ4n) is 4.24. The Bertz CT molecular complexity index is 1360. The van der Waals surface area contributed by atoms with Crippen molar-refractivity contribution in [3.63, 3.8) is 0 Å². The molecule has 0 bridgehead atoms. The number of halogens is 2. The molecule has 3 aromatic rings. The maximum absolute atomic E-state index is 14.6. The highest BCUT2D eigenvalue weighted by molar-refractivity contribution is 7.90. The number of carbonyl (C=O) groups is 1. The van der Waals surface area contributed by atoms with E-state index in [9.17, 15) is 22.0 Å². The fourth-order valence-corrected chi connectivity index (χ4v) is 4.89. The van der Waals surface area contributed by atoms with Gasteiger partial charge < -0.3 is 19.4 Å². The Morgan fingerprint density at radius 2 is 1.83 bits per heavy atom. The van der Waals surface area contributed by atoms with Gasteiger partial charge in [-0.2, -0.15) is 0 Å². The van der Waals surface area contributed by atoms with Crippen molar-refractivity contribution in [2.24, 2.45) is 0 Å². The molecule has 1 saturated heterocycles. The summed E-state index contributed by atoms with van der Waals surface area (Å²) in [6.45, 7) is 5.36. The molecule has 0 spiro atoms. The van der Waals surface area contributed by atoms with Gasteiger partial charge in [0.25, 0.3) is 0 Å². The third kappa shape index (κ3) is 5.82. The number of alkyl carbamates (subject to hydrolysis) is 1. The highest BCUT2D eigenvalue weighted by atomic mass is 32.2. The normalized spacial score (nSPS) is 21.1. The molecule has 7 nitrogen and oxygen atoms in total. The summed E-state index contributed by atoms with van der Waals surface area (Å²) in [5, 5.41) is 4.34. The third-order valence-electron chi connectivity index (χ3n) is 5.81. The van der Waals surface area contributed by atoms with Crippen LogP contribution in [0, 0.1) is 11.6 Å². The molecular formula is C25H28F2N2O5S. The van der Waals surface area contributed by atoms with Gasteiger partial charge in [-0.15, -0.1) is 0 Å². The van der Waals surface area contributed by atoms with Crippen LogP contribution in [0.15, 0.2) is 53.7 Å². The van der Waals surface area contributed by atoms with E-state index < -0.39 is 45.3 Å². The highest BCUT2D eigenvalue weighted by Crippen LogP contribution is 2.36. The van der Waals surface area contributed by atoms with Crippen molar-refractivity contribution in [2.45, 2.75) is 55.9 Å². The maximum atomic E-state index is 14.6. The van der Waals surface area contributed by atoms with Crippen LogP contribution in [0.2, 0.25) is 0 Å². The number of hydrogen-bond acceptors (Lipinski definition) is 5. The van der Waals surface area contributed by atoms with Gasteiger partial charge in [-0.05, 0) is 62.9 Å². The summed E-state index contributed by atoms with van der Waals surface area (Å²) in [5.74, 6) is -1.24. The number of hydrogen-bond donors (Lipinski definition) is 1. The van der Waals surface area contributed by atoms with E-state index in [2.05, 4.69) is 5.32 Å². The second-order valence-corrected chi connectivity index (χ2v) is 11.8. The van der Waals surface area contributed by atoms with Crippen LogP contribution in [0.3, 0.4) is 0 Å². The molecular weight excluding hydrogens is 478 g/mol. The second-order valence-electron chi connectivity index (χ2n) is 9.83. The minimum Gasteiger partial charge on any atom is -0.444 e. The first-order chi connectivity index (χ1) is 16.3. The average Bonchev–Trinajstić information content (AvgIpc) is 3.17. The molecule has 2 aromatic carbocycles. The summed E-state index contributed by atoms with van der Waals surface area (Å²) in [6, 6.07) is 7.04. The average molecular weight is 507 g/mol. The Hall–Kier alpha value is -2.98. The van der Waals surface area contributed by atoms with Crippen molar-refractivity contribution < 1.29 is 31.5 Å². The lowest BCUT2D eigenvalue weighted by molar-refractivity contribution is -0.0413. The van der Waals surface area contributed by atoms with Crippen molar-refractivity contribution in [2.75, 3.05) is 12.9 Å². The number of aromatic nitrogens is 1. The van der Waals surface area contributed by atoms with E-state index in [-0.39, 0.29) is 23.1 Å². The lowest BCUT2D eigenvalue weighted by atomic mass is 9.93. The predicted molar refractivity (Wildman–Crippen MR) is 127 cm³/mol. The van der Waals surface area contributed by atoms with E-state index in [1.54, 1.807) is 39.0 Å². The molecule has 0 saturated carbocycles. The molecule has 1 fully saturated rings. The van der Waals surface area contributed by atoms with Gasteiger partial charge in [0.1, 0.15) is 23.3 Å². The van der Waals surface area contributed by atoms with E-state index in [1.807, 2.05) is 17.0 Å². The van der Waals surface area contributed by atoms with Gasteiger partial charge in [-0.3, -0.25) is 0 Å². The largest absolute Gasteiger partial charge is 0.444 e. The lowest BCUT2D eigenvalue weighted by Gasteiger charge is -2.38. The molecule has 0 unspecified atom stereocenters. The summed E-state index contributed by atoms with van der Waals surface area (Å²) >= 11 is 0. The summed E-state index contributed by atoms with van der Waals surface area (Å²) in [6.07, 6.45) is 3.56. The summed E-state index contributed by atoms with van der Waals surface area (Å²) in [5.41, 5.74) is -0.728. The SMILES string of the molecule is CC(C)(C)OC(=O)N[C@H]1C[C@@H](n2cc3ccc(S(C)(=O)=O)cc3c2)CO[C@@H]1c1cc(F)ccc1F. The van der Waals surface area contributed by atoms with Crippen LogP contribution in [0.4, 0.5) is 13.6 Å². The number of nitrogens with zero attached hydrogens (tertiary/aromatic N) is 1. The van der Waals surface area contributed by atoms with Crippen LogP contribution < -0.4 is 5.32 Å². The minimum absolute atomic E-state index is 0.0139. The fraction of sp³-hybridized carbons (Fsp3) is 0.400. The zero-order valence-corrected chi connectivity index (χ0v) is 20.7. The van der Waals surface area contributed by atoms with Crippen molar-refractivity contribution >= 4 is 26.7 Å². The molecule has 0 radical (unpaired) electrons. The third-order valence-corrected chi connectivity index (χ3v) is 6.92. The number of nitrogens with one attached hydrogen (secondary N) is 1. The molecule has 1 aromatic heterocycles. The van der Waals surface area contributed by atoms with Crippen LogP contribution in [0.25, 0.3) is 10.8 Å². The first kappa shape index (κ1) is 25.1. The van der Waals surface area contributed by atoms with Gasteiger partial charge in [0.05, 0.1) is 23.6 Å². The van der Waals surface area contributed by atoms with Gasteiger partial charge in [0.15, 0.2) is 9.84 Å². The quantitative estimate of drug-likeness (QED) is 0.543. The Labute approximate surface area is 202 Å². The summed E-state index contributed by atoms with van der Waals surface area (Å²) in [7, 11) is -3.35. The zero-order chi connectivity index (χ0) is 25.5. The molecule has 35 heavy (non-hydrogen) atoms. The number of carbonyl (C=O) groups excluding carboxylic acids is 1. The molecule has 1 aliphatic rings. The molecule has 2 heterocycles. The molecule has 1 amide bonds. The molecule has 1 aliphatic heterocycles. The van der Waals surface area contributed by atoms with E-state index in [1.165, 1.54) is 0 Å². The predicted octanol–water partition coefficient (Wildman–Crippen LogP) is 4.92. The van der Waals surface area contributed by atoms with Crippen molar-refractivity contribution in [3.05, 3.63) is 66.0 Å². The van der Waals surface area contributed by atoms with Crippen LogP contribution in [-0.2, 0) is 19.3 Å². The van der Waals surface area contributed by atoms with Gasteiger partial charge in [-0.1, -0.05) is 6.07 Å². The number of rotatable bonds is 4. The Kier molecular flexibility index (Phi) is 6.63. The van der Waals surface area contributed by atoms with Gasteiger partial charge in [0, 0.05) is 29.6 Å². The Morgan fingerprint density at radius 3 is 2.51 bits per heavy atom. The maximum Gasteiger partial charge on any atom is 0.407 e. The van der Waals surface area contributed by atoms with Crippen molar-refractivity contribution in [3.8, 4) is 0 Å². The molecule has 0 aliphatic carbocycles. The summed E-state index contributed by atoms with van der Waals surface area (Å²) < 4.78 is 65.6. The second kappa shape index (κ2) is 9.23. The molecule has 3 atom stereocenters. The Balaban J connectivity index is 1.64.